The van der Waals surface area contributed by atoms with Crippen LogP contribution in [0, 0.1) is 0 Å². The highest BCUT2D eigenvalue weighted by Gasteiger charge is 2.34. The molecule has 1 aliphatic heterocycles. The number of benzene rings is 3. The molecule has 0 unspecified atom stereocenters. The van der Waals surface area contributed by atoms with Crippen LogP contribution in [0.4, 0.5) is 0 Å². The van der Waals surface area contributed by atoms with Crippen LogP contribution in [0.3, 0.4) is 0 Å². The lowest BCUT2D eigenvalue weighted by molar-refractivity contribution is -0.143. The number of allylic oxidation sites excluding steroid dienone is 1. The molecule has 5 rings (SSSR count). The van der Waals surface area contributed by atoms with Crippen LogP contribution in [0.15, 0.2) is 75.7 Å². The minimum Gasteiger partial charge on any atom is -0.490 e. The van der Waals surface area contributed by atoms with Crippen molar-refractivity contribution in [1.82, 2.24) is 4.57 Å². The van der Waals surface area contributed by atoms with Crippen molar-refractivity contribution in [3.8, 4) is 23.0 Å². The first kappa shape index (κ1) is 37.5. The first-order valence-corrected chi connectivity index (χ1v) is 17.7. The summed E-state index contributed by atoms with van der Waals surface area (Å²) in [5.74, 6) is 0.170. The molecule has 0 saturated heterocycles. The number of esters is 2. The second kappa shape index (κ2) is 17.0. The average Bonchev–Trinajstić information content (AvgIpc) is 3.40. The molecule has 268 valence electrons. The molecule has 0 aliphatic carbocycles. The number of nitrogens with zero attached hydrogens (tertiary/aromatic N) is 2. The number of thiazole rings is 1. The third-order valence-corrected chi connectivity index (χ3v) is 9.27. The monoisotopic (exact) mass is 754 g/mol. The van der Waals surface area contributed by atoms with E-state index in [4.69, 9.17) is 46.9 Å². The highest BCUT2D eigenvalue weighted by Crippen LogP contribution is 2.39. The molecule has 0 saturated carbocycles. The second-order valence-electron chi connectivity index (χ2n) is 10.9. The number of carbonyl (C=O) groups excluding carboxylic acids is 2. The largest absolute Gasteiger partial charge is 0.490 e. The Labute approximate surface area is 308 Å². The van der Waals surface area contributed by atoms with Crippen molar-refractivity contribution in [2.75, 3.05) is 33.5 Å². The summed E-state index contributed by atoms with van der Waals surface area (Å²) < 4.78 is 35.3. The number of ether oxygens (including phenoxy) is 6. The predicted octanol–water partition coefficient (Wildman–Crippen LogP) is 6.03. The Kier molecular flexibility index (Phi) is 12.5. The number of rotatable bonds is 14. The lowest BCUT2D eigenvalue weighted by Crippen LogP contribution is -2.40. The van der Waals surface area contributed by atoms with E-state index in [-0.39, 0.29) is 42.8 Å². The molecular weight excluding hydrogens is 719 g/mol. The fourth-order valence-corrected chi connectivity index (χ4v) is 6.89. The molecule has 4 aromatic rings. The van der Waals surface area contributed by atoms with Crippen molar-refractivity contribution in [2.24, 2.45) is 4.99 Å². The van der Waals surface area contributed by atoms with Gasteiger partial charge in [-0.1, -0.05) is 58.8 Å². The molecule has 1 atom stereocenters. The molecule has 0 bridgehead atoms. The fourth-order valence-electron chi connectivity index (χ4n) is 5.38. The Morgan fingerprint density at radius 3 is 2.35 bits per heavy atom. The summed E-state index contributed by atoms with van der Waals surface area (Å²) in [7, 11) is 1.26. The third-order valence-electron chi connectivity index (χ3n) is 7.63. The number of methoxy groups -OCH3 is 1. The van der Waals surface area contributed by atoms with Crippen molar-refractivity contribution in [3.63, 3.8) is 0 Å². The molecule has 0 fully saturated rings. The van der Waals surface area contributed by atoms with Crippen LogP contribution in [0.2, 0.25) is 10.0 Å². The standard InChI is InChI=1S/C37H36Cl2N2O9S/c1-6-46-28-18-23(13-14-27(28)49-20-31(42)45-5)33-32(36(44)48-8-3)21(4)40-37-41(33)35(43)30(51-37)17-22-15-26(39)34(29(16-22)47-7-2)50-19-24-11-9-10-12-25(24)38/h9-18,33H,6-8,19-20H2,1-5H3/b30-17-/t33-/m0/s1. The van der Waals surface area contributed by atoms with Gasteiger partial charge in [0.1, 0.15) is 6.61 Å². The van der Waals surface area contributed by atoms with Gasteiger partial charge in [0.25, 0.3) is 5.56 Å². The Hall–Kier alpha value is -4.78. The van der Waals surface area contributed by atoms with Crippen LogP contribution in [-0.4, -0.2) is 50.0 Å². The summed E-state index contributed by atoms with van der Waals surface area (Å²) >= 11 is 14.2. The van der Waals surface area contributed by atoms with Crippen molar-refractivity contribution in [2.45, 2.75) is 40.3 Å². The zero-order chi connectivity index (χ0) is 36.7. The van der Waals surface area contributed by atoms with Crippen molar-refractivity contribution in [3.05, 3.63) is 112 Å². The number of carbonyl (C=O) groups is 2. The molecule has 0 radical (unpaired) electrons. The van der Waals surface area contributed by atoms with E-state index < -0.39 is 23.5 Å². The lowest BCUT2D eigenvalue weighted by Gasteiger charge is -2.25. The van der Waals surface area contributed by atoms with Crippen LogP contribution >= 0.6 is 34.5 Å². The molecule has 0 spiro atoms. The van der Waals surface area contributed by atoms with Crippen LogP contribution in [0.25, 0.3) is 6.08 Å². The number of halogens is 2. The van der Waals surface area contributed by atoms with E-state index >= 15 is 0 Å². The van der Waals surface area contributed by atoms with Gasteiger partial charge in [0.15, 0.2) is 34.4 Å². The smallest absolute Gasteiger partial charge is 0.343 e. The molecule has 3 aromatic carbocycles. The predicted molar refractivity (Wildman–Crippen MR) is 194 cm³/mol. The Bertz CT molecular complexity index is 2160. The number of hydrogen-bond acceptors (Lipinski definition) is 11. The molecule has 1 aromatic heterocycles. The van der Waals surface area contributed by atoms with E-state index in [1.165, 1.54) is 11.7 Å². The van der Waals surface area contributed by atoms with Gasteiger partial charge in [-0.25, -0.2) is 14.6 Å². The van der Waals surface area contributed by atoms with Crippen LogP contribution in [-0.2, 0) is 25.7 Å². The summed E-state index contributed by atoms with van der Waals surface area (Å²) in [4.78, 5) is 44.5. The maximum atomic E-state index is 14.3. The summed E-state index contributed by atoms with van der Waals surface area (Å²) in [5.41, 5.74) is 2.11. The zero-order valence-electron chi connectivity index (χ0n) is 28.6. The molecule has 0 N–H and O–H groups in total. The minimum absolute atomic E-state index is 0.123. The summed E-state index contributed by atoms with van der Waals surface area (Å²) in [6.07, 6.45) is 1.69. The van der Waals surface area contributed by atoms with Crippen molar-refractivity contribution in [1.29, 1.82) is 0 Å². The maximum Gasteiger partial charge on any atom is 0.343 e. The first-order valence-electron chi connectivity index (χ1n) is 16.1. The molecule has 2 heterocycles. The quantitative estimate of drug-likeness (QED) is 0.142. The van der Waals surface area contributed by atoms with E-state index in [0.29, 0.717) is 55.0 Å². The van der Waals surface area contributed by atoms with Crippen molar-refractivity contribution < 1.29 is 38.0 Å². The second-order valence-corrected chi connectivity index (χ2v) is 12.8. The summed E-state index contributed by atoms with van der Waals surface area (Å²) in [6, 6.07) is 14.8. The van der Waals surface area contributed by atoms with Gasteiger partial charge in [0.2, 0.25) is 0 Å². The SMILES string of the molecule is CCOC(=O)C1=C(C)N=c2s/c(=C\c3cc(Cl)c(OCc4ccccc4Cl)c(OCC)c3)c(=O)n2[C@H]1c1ccc(OCC(=O)OC)c(OCC)c1. The molecule has 11 nitrogen and oxygen atoms in total. The van der Waals surface area contributed by atoms with E-state index in [9.17, 15) is 14.4 Å². The Balaban J connectivity index is 1.60. The van der Waals surface area contributed by atoms with Crippen LogP contribution in [0.5, 0.6) is 23.0 Å². The summed E-state index contributed by atoms with van der Waals surface area (Å²) in [5, 5.41) is 0.846. The maximum absolute atomic E-state index is 14.3. The van der Waals surface area contributed by atoms with Crippen molar-refractivity contribution >= 4 is 52.6 Å². The zero-order valence-corrected chi connectivity index (χ0v) is 30.9. The molecule has 0 amide bonds. The topological polar surface area (TPSA) is 124 Å². The van der Waals surface area contributed by atoms with Gasteiger partial charge in [-0.05, 0) is 75.2 Å². The normalized spacial score (nSPS) is 14.0. The van der Waals surface area contributed by atoms with Gasteiger partial charge in [-0.3, -0.25) is 9.36 Å². The molecule has 1 aliphatic rings. The van der Waals surface area contributed by atoms with Crippen LogP contribution in [0.1, 0.15) is 50.4 Å². The number of aromatic nitrogens is 1. The Morgan fingerprint density at radius 1 is 0.902 bits per heavy atom. The number of fused-ring (bicyclic) bond motifs is 1. The fraction of sp³-hybridized carbons (Fsp3) is 0.297. The van der Waals surface area contributed by atoms with Gasteiger partial charge in [0.05, 0.1) is 53.8 Å². The minimum atomic E-state index is -0.917. The van der Waals surface area contributed by atoms with Gasteiger partial charge >= 0.3 is 11.9 Å². The van der Waals surface area contributed by atoms with E-state index in [2.05, 4.69) is 9.73 Å². The van der Waals surface area contributed by atoms with Gasteiger partial charge < -0.3 is 28.4 Å². The molecule has 14 heteroatoms. The van der Waals surface area contributed by atoms with Gasteiger partial charge in [0, 0.05) is 10.6 Å². The van der Waals surface area contributed by atoms with Crippen LogP contribution < -0.4 is 33.8 Å². The highest BCUT2D eigenvalue weighted by molar-refractivity contribution is 7.07. The van der Waals surface area contributed by atoms with E-state index in [1.54, 1.807) is 63.2 Å². The average molecular weight is 756 g/mol. The van der Waals surface area contributed by atoms with E-state index in [1.807, 2.05) is 25.1 Å². The van der Waals surface area contributed by atoms with Gasteiger partial charge in [-0.15, -0.1) is 0 Å². The third kappa shape index (κ3) is 8.41. The van der Waals surface area contributed by atoms with Gasteiger partial charge in [-0.2, -0.15) is 0 Å². The Morgan fingerprint density at radius 2 is 1.65 bits per heavy atom. The highest BCUT2D eigenvalue weighted by atomic mass is 35.5. The number of hydrogen-bond donors (Lipinski definition) is 0. The van der Waals surface area contributed by atoms with E-state index in [0.717, 1.165) is 16.9 Å². The molecule has 51 heavy (non-hydrogen) atoms. The first-order chi connectivity index (χ1) is 24.6. The summed E-state index contributed by atoms with van der Waals surface area (Å²) in [6.45, 7) is 7.64. The lowest BCUT2D eigenvalue weighted by atomic mass is 9.95. The molecular formula is C37H36Cl2N2O9S.